The van der Waals surface area contributed by atoms with Crippen LogP contribution < -0.4 is 0 Å². The number of Topliss-reactive ketones (excluding diaryl/α,β-unsaturated/α-hetero) is 1. The predicted octanol–water partition coefficient (Wildman–Crippen LogP) is 3.86. The summed E-state index contributed by atoms with van der Waals surface area (Å²) in [6.07, 6.45) is 5.83. The van der Waals surface area contributed by atoms with E-state index in [1.54, 1.807) is 0 Å². The molecule has 0 aliphatic carbocycles. The molecule has 1 saturated heterocycles. The molecule has 0 bridgehead atoms. The molecule has 1 aliphatic rings. The molecule has 94 valence electrons. The van der Waals surface area contributed by atoms with Crippen molar-refractivity contribution in [3.05, 3.63) is 21.3 Å². The van der Waals surface area contributed by atoms with Gasteiger partial charge in [-0.05, 0) is 37.8 Å². The number of ether oxygens (including phenoxy) is 1. The number of carbonyl (C=O) groups is 1. The molecule has 1 fully saturated rings. The average molecular weight is 273 g/mol. The van der Waals surface area contributed by atoms with Crippen LogP contribution in [0.3, 0.4) is 0 Å². The molecule has 0 spiro atoms. The fourth-order valence-corrected chi connectivity index (χ4v) is 3.20. The lowest BCUT2D eigenvalue weighted by Gasteiger charge is -2.22. The number of carbonyl (C=O) groups excluding carboxylic acids is 1. The van der Waals surface area contributed by atoms with Gasteiger partial charge < -0.3 is 4.74 Å². The van der Waals surface area contributed by atoms with Gasteiger partial charge in [-0.1, -0.05) is 11.6 Å². The summed E-state index contributed by atoms with van der Waals surface area (Å²) in [7, 11) is 0. The molecule has 0 N–H and O–H groups in total. The third-order valence-electron chi connectivity index (χ3n) is 3.02. The zero-order chi connectivity index (χ0) is 12.1. The van der Waals surface area contributed by atoms with Gasteiger partial charge in [0, 0.05) is 24.3 Å². The number of ketones is 1. The summed E-state index contributed by atoms with van der Waals surface area (Å²) in [4.78, 5) is 12.8. The molecule has 1 unspecified atom stereocenters. The monoisotopic (exact) mass is 272 g/mol. The molecule has 0 amide bonds. The van der Waals surface area contributed by atoms with Crippen molar-refractivity contribution in [1.82, 2.24) is 0 Å². The minimum Gasteiger partial charge on any atom is -0.378 e. The van der Waals surface area contributed by atoms with Crippen LogP contribution in [0.2, 0.25) is 4.34 Å². The van der Waals surface area contributed by atoms with Gasteiger partial charge >= 0.3 is 0 Å². The van der Waals surface area contributed by atoms with E-state index in [0.717, 1.165) is 35.1 Å². The maximum atomic E-state index is 11.8. The van der Waals surface area contributed by atoms with Crippen LogP contribution in [-0.4, -0.2) is 18.5 Å². The Morgan fingerprint density at radius 2 is 2.35 bits per heavy atom. The van der Waals surface area contributed by atoms with E-state index < -0.39 is 0 Å². The van der Waals surface area contributed by atoms with Crippen LogP contribution in [0.1, 0.15) is 37.0 Å². The molecule has 0 radical (unpaired) electrons. The molecule has 1 atom stereocenters. The normalized spacial score (nSPS) is 20.4. The molecule has 1 aliphatic heterocycles. The van der Waals surface area contributed by atoms with Crippen LogP contribution >= 0.6 is 22.9 Å². The number of thiophene rings is 1. The molecule has 0 aromatic carbocycles. The second kappa shape index (κ2) is 6.53. The van der Waals surface area contributed by atoms with Gasteiger partial charge in [-0.3, -0.25) is 4.79 Å². The first-order chi connectivity index (χ1) is 8.24. The Hall–Kier alpha value is -0.380. The Labute approximate surface area is 111 Å². The smallest absolute Gasteiger partial charge is 0.138 e. The Bertz CT molecular complexity index is 369. The Balaban J connectivity index is 1.70. The summed E-state index contributed by atoms with van der Waals surface area (Å²) in [6, 6.07) is 3.78. The Morgan fingerprint density at radius 3 is 3.00 bits per heavy atom. The summed E-state index contributed by atoms with van der Waals surface area (Å²) in [5.41, 5.74) is 0. The van der Waals surface area contributed by atoms with E-state index in [9.17, 15) is 4.79 Å². The molecule has 4 heteroatoms. The van der Waals surface area contributed by atoms with E-state index >= 15 is 0 Å². The van der Waals surface area contributed by atoms with E-state index in [0.29, 0.717) is 18.9 Å². The first-order valence-corrected chi connectivity index (χ1v) is 7.31. The summed E-state index contributed by atoms with van der Waals surface area (Å²) >= 11 is 7.32. The maximum absolute atomic E-state index is 11.8. The molecule has 0 saturated carbocycles. The average Bonchev–Trinajstić information content (AvgIpc) is 2.73. The highest BCUT2D eigenvalue weighted by atomic mass is 35.5. The van der Waals surface area contributed by atoms with Gasteiger partial charge in [0.15, 0.2) is 0 Å². The van der Waals surface area contributed by atoms with Gasteiger partial charge in [0.25, 0.3) is 0 Å². The van der Waals surface area contributed by atoms with Crippen molar-refractivity contribution in [2.75, 3.05) is 6.61 Å². The molecule has 2 rings (SSSR count). The minimum atomic E-state index is 0.290. The lowest BCUT2D eigenvalue weighted by molar-refractivity contribution is -0.119. The zero-order valence-corrected chi connectivity index (χ0v) is 11.4. The highest BCUT2D eigenvalue weighted by Gasteiger charge is 2.15. The largest absolute Gasteiger partial charge is 0.378 e. The molecule has 17 heavy (non-hydrogen) atoms. The second-order valence-corrected chi connectivity index (χ2v) is 6.25. The highest BCUT2D eigenvalue weighted by Crippen LogP contribution is 2.23. The Morgan fingerprint density at radius 1 is 1.47 bits per heavy atom. The molecular weight excluding hydrogens is 256 g/mol. The fourth-order valence-electron chi connectivity index (χ4n) is 2.09. The van der Waals surface area contributed by atoms with Crippen LogP contribution in [0, 0.1) is 0 Å². The van der Waals surface area contributed by atoms with Gasteiger partial charge in [0.1, 0.15) is 5.78 Å². The van der Waals surface area contributed by atoms with Gasteiger partial charge in [-0.2, -0.15) is 0 Å². The summed E-state index contributed by atoms with van der Waals surface area (Å²) in [6.45, 7) is 0.861. The number of rotatable bonds is 5. The molecular formula is C13H17ClO2S. The van der Waals surface area contributed by atoms with Crippen LogP contribution in [0.15, 0.2) is 12.1 Å². The van der Waals surface area contributed by atoms with E-state index in [-0.39, 0.29) is 5.78 Å². The van der Waals surface area contributed by atoms with Crippen LogP contribution in [-0.2, 0) is 16.0 Å². The topological polar surface area (TPSA) is 26.3 Å². The summed E-state index contributed by atoms with van der Waals surface area (Å²) in [5, 5.41) is 0. The third-order valence-corrected chi connectivity index (χ3v) is 4.25. The van der Waals surface area contributed by atoms with Gasteiger partial charge in [-0.25, -0.2) is 0 Å². The lowest BCUT2D eigenvalue weighted by Crippen LogP contribution is -2.20. The molecule has 2 heterocycles. The number of halogens is 1. The highest BCUT2D eigenvalue weighted by molar-refractivity contribution is 7.16. The van der Waals surface area contributed by atoms with Crippen molar-refractivity contribution >= 4 is 28.7 Å². The van der Waals surface area contributed by atoms with Crippen LogP contribution in [0.4, 0.5) is 0 Å². The van der Waals surface area contributed by atoms with E-state index in [1.807, 2.05) is 12.1 Å². The molecule has 1 aromatic rings. The van der Waals surface area contributed by atoms with Crippen molar-refractivity contribution < 1.29 is 9.53 Å². The van der Waals surface area contributed by atoms with E-state index in [4.69, 9.17) is 16.3 Å². The van der Waals surface area contributed by atoms with Crippen LogP contribution in [0.25, 0.3) is 0 Å². The first-order valence-electron chi connectivity index (χ1n) is 6.11. The van der Waals surface area contributed by atoms with Crippen molar-refractivity contribution in [2.24, 2.45) is 0 Å². The van der Waals surface area contributed by atoms with E-state index in [2.05, 4.69) is 0 Å². The van der Waals surface area contributed by atoms with Crippen molar-refractivity contribution in [3.63, 3.8) is 0 Å². The van der Waals surface area contributed by atoms with E-state index in [1.165, 1.54) is 17.8 Å². The predicted molar refractivity (Wildman–Crippen MR) is 70.9 cm³/mol. The minimum absolute atomic E-state index is 0.290. The first kappa shape index (κ1) is 13.1. The standard InChI is InChI=1S/C13H17ClO2S/c14-13-7-6-12(17-13)9-10(15)4-5-11-3-1-2-8-16-11/h6-7,11H,1-5,8-9H2. The second-order valence-electron chi connectivity index (χ2n) is 4.45. The van der Waals surface area contributed by atoms with Crippen molar-refractivity contribution in [1.29, 1.82) is 0 Å². The van der Waals surface area contributed by atoms with Gasteiger partial charge in [-0.15, -0.1) is 11.3 Å². The van der Waals surface area contributed by atoms with Gasteiger partial charge in [0.2, 0.25) is 0 Å². The van der Waals surface area contributed by atoms with Crippen molar-refractivity contribution in [3.8, 4) is 0 Å². The molecule has 1 aromatic heterocycles. The SMILES string of the molecule is O=C(CCC1CCCCO1)Cc1ccc(Cl)s1. The van der Waals surface area contributed by atoms with Crippen molar-refractivity contribution in [2.45, 2.75) is 44.6 Å². The molecule has 2 nitrogen and oxygen atoms in total. The number of hydrogen-bond donors (Lipinski definition) is 0. The quantitative estimate of drug-likeness (QED) is 0.814. The van der Waals surface area contributed by atoms with Crippen LogP contribution in [0.5, 0.6) is 0 Å². The maximum Gasteiger partial charge on any atom is 0.138 e. The summed E-state index contributed by atoms with van der Waals surface area (Å²) < 4.78 is 6.37. The number of hydrogen-bond acceptors (Lipinski definition) is 3. The Kier molecular flexibility index (Phi) is 5.01. The zero-order valence-electron chi connectivity index (χ0n) is 9.78. The summed E-state index contributed by atoms with van der Waals surface area (Å²) in [5.74, 6) is 0.290. The lowest BCUT2D eigenvalue weighted by atomic mass is 10.0. The third kappa shape index (κ3) is 4.41. The van der Waals surface area contributed by atoms with Gasteiger partial charge in [0.05, 0.1) is 10.4 Å². The fraction of sp³-hybridized carbons (Fsp3) is 0.615.